The molecule has 0 atom stereocenters. The van der Waals surface area contributed by atoms with Gasteiger partial charge >= 0.3 is 4.83 Å². The van der Waals surface area contributed by atoms with Gasteiger partial charge in [-0.1, -0.05) is 24.3 Å². The number of nitrogens with zero attached hydrogens (tertiary/aromatic N) is 1. The number of carbonyl (C=O) groups excluding carboxylic acids is 2. The Bertz CT molecular complexity index is 512. The standard InChI is InChI=1S/C14H14BrF2NO2/c1-18(9-5-4-8-14(15,16)17)13(20)12-7-3-2-6-11(12)10-19/h2-4,6-8,10H,5,9H2,1H3/b8-4+. The van der Waals surface area contributed by atoms with E-state index in [1.54, 1.807) is 31.3 Å². The summed E-state index contributed by atoms with van der Waals surface area (Å²) in [6.07, 6.45) is 2.94. The third kappa shape index (κ3) is 5.21. The fourth-order valence-electron chi connectivity index (χ4n) is 1.59. The predicted molar refractivity (Wildman–Crippen MR) is 76.4 cm³/mol. The fraction of sp³-hybridized carbons (Fsp3) is 0.286. The lowest BCUT2D eigenvalue weighted by molar-refractivity contribution is 0.0794. The van der Waals surface area contributed by atoms with Crippen molar-refractivity contribution in [2.24, 2.45) is 0 Å². The van der Waals surface area contributed by atoms with Gasteiger partial charge in [-0.05, 0) is 34.5 Å². The van der Waals surface area contributed by atoms with Crippen LogP contribution in [-0.4, -0.2) is 35.5 Å². The number of carbonyl (C=O) groups is 2. The van der Waals surface area contributed by atoms with Crippen LogP contribution < -0.4 is 0 Å². The molecule has 0 aromatic heterocycles. The average molecular weight is 346 g/mol. The Labute approximate surface area is 124 Å². The van der Waals surface area contributed by atoms with Crippen LogP contribution in [0, 0.1) is 0 Å². The van der Waals surface area contributed by atoms with Crippen molar-refractivity contribution in [3.05, 3.63) is 47.5 Å². The number of allylic oxidation sites excluding steroid dienone is 1. The molecule has 1 rings (SSSR count). The predicted octanol–water partition coefficient (Wildman–Crippen LogP) is 3.51. The molecule has 0 radical (unpaired) electrons. The van der Waals surface area contributed by atoms with Crippen LogP contribution in [-0.2, 0) is 0 Å². The van der Waals surface area contributed by atoms with Crippen LogP contribution in [0.2, 0.25) is 0 Å². The molecule has 0 heterocycles. The zero-order valence-electron chi connectivity index (χ0n) is 10.9. The summed E-state index contributed by atoms with van der Waals surface area (Å²) in [5.74, 6) is -0.313. The smallest absolute Gasteiger partial charge is 0.319 e. The van der Waals surface area contributed by atoms with Gasteiger partial charge in [0.05, 0.1) is 5.56 Å². The monoisotopic (exact) mass is 345 g/mol. The second-order valence-corrected chi connectivity index (χ2v) is 5.22. The first kappa shape index (κ1) is 16.5. The van der Waals surface area contributed by atoms with E-state index >= 15 is 0 Å². The van der Waals surface area contributed by atoms with Gasteiger partial charge in [0.2, 0.25) is 0 Å². The van der Waals surface area contributed by atoms with Gasteiger partial charge in [0.1, 0.15) is 0 Å². The first-order chi connectivity index (χ1) is 9.35. The Balaban J connectivity index is 2.64. The lowest BCUT2D eigenvalue weighted by Gasteiger charge is -2.17. The zero-order valence-corrected chi connectivity index (χ0v) is 12.4. The first-order valence-electron chi connectivity index (χ1n) is 5.89. The molecule has 108 valence electrons. The second kappa shape index (κ2) is 7.28. The maximum absolute atomic E-state index is 12.5. The summed E-state index contributed by atoms with van der Waals surface area (Å²) in [7, 11) is 1.56. The Morgan fingerprint density at radius 3 is 2.65 bits per heavy atom. The van der Waals surface area contributed by atoms with Gasteiger partial charge in [-0.15, -0.1) is 0 Å². The van der Waals surface area contributed by atoms with Crippen LogP contribution in [0.15, 0.2) is 36.4 Å². The minimum atomic E-state index is -3.03. The van der Waals surface area contributed by atoms with E-state index in [0.717, 1.165) is 6.08 Å². The largest absolute Gasteiger partial charge is 0.341 e. The number of amides is 1. The van der Waals surface area contributed by atoms with Crippen molar-refractivity contribution in [1.29, 1.82) is 0 Å². The van der Waals surface area contributed by atoms with Crippen LogP contribution in [0.25, 0.3) is 0 Å². The van der Waals surface area contributed by atoms with E-state index < -0.39 is 4.83 Å². The Morgan fingerprint density at radius 1 is 1.40 bits per heavy atom. The third-order valence-electron chi connectivity index (χ3n) is 2.60. The Hall–Kier alpha value is -1.56. The average Bonchev–Trinajstić information content (AvgIpc) is 2.41. The number of hydrogen-bond donors (Lipinski definition) is 0. The van der Waals surface area contributed by atoms with Gasteiger partial charge in [0, 0.05) is 19.2 Å². The molecule has 1 amide bonds. The topological polar surface area (TPSA) is 37.4 Å². The van der Waals surface area contributed by atoms with Crippen molar-refractivity contribution in [3.63, 3.8) is 0 Å². The highest BCUT2D eigenvalue weighted by Crippen LogP contribution is 2.22. The first-order valence-corrected chi connectivity index (χ1v) is 6.68. The van der Waals surface area contributed by atoms with Gasteiger partial charge in [-0.3, -0.25) is 9.59 Å². The maximum atomic E-state index is 12.5. The van der Waals surface area contributed by atoms with Crippen molar-refractivity contribution in [2.75, 3.05) is 13.6 Å². The highest BCUT2D eigenvalue weighted by Gasteiger charge is 2.18. The second-order valence-electron chi connectivity index (χ2n) is 4.16. The number of benzene rings is 1. The molecule has 0 saturated carbocycles. The van der Waals surface area contributed by atoms with E-state index in [4.69, 9.17) is 0 Å². The van der Waals surface area contributed by atoms with Crippen molar-refractivity contribution in [1.82, 2.24) is 4.90 Å². The molecular formula is C14H14BrF2NO2. The van der Waals surface area contributed by atoms with Crippen molar-refractivity contribution in [3.8, 4) is 0 Å². The SMILES string of the molecule is CN(CC/C=C/C(F)(F)Br)C(=O)c1ccccc1C=O. The van der Waals surface area contributed by atoms with E-state index in [0.29, 0.717) is 23.8 Å². The van der Waals surface area contributed by atoms with Gasteiger partial charge in [0.25, 0.3) is 5.91 Å². The minimum absolute atomic E-state index is 0.283. The molecule has 1 aromatic rings. The zero-order chi connectivity index (χ0) is 15.2. The van der Waals surface area contributed by atoms with Crippen molar-refractivity contribution >= 4 is 28.1 Å². The van der Waals surface area contributed by atoms with Gasteiger partial charge < -0.3 is 4.90 Å². The molecule has 1 aromatic carbocycles. The molecule has 0 spiro atoms. The number of halogens is 3. The van der Waals surface area contributed by atoms with E-state index in [-0.39, 0.29) is 12.5 Å². The summed E-state index contributed by atoms with van der Waals surface area (Å²) in [6.45, 7) is 0.283. The summed E-state index contributed by atoms with van der Waals surface area (Å²) in [5.41, 5.74) is 0.617. The van der Waals surface area contributed by atoms with Crippen LogP contribution in [0.4, 0.5) is 8.78 Å². The molecule has 0 fully saturated rings. The number of rotatable bonds is 6. The molecule has 0 bridgehead atoms. The summed E-state index contributed by atoms with van der Waals surface area (Å²) in [6, 6.07) is 6.45. The highest BCUT2D eigenvalue weighted by atomic mass is 79.9. The molecule has 0 N–H and O–H groups in total. The van der Waals surface area contributed by atoms with Crippen LogP contribution >= 0.6 is 15.9 Å². The summed E-state index contributed by atoms with van der Waals surface area (Å²) in [5, 5.41) is 0. The van der Waals surface area contributed by atoms with Crippen molar-refractivity contribution in [2.45, 2.75) is 11.3 Å². The molecule has 0 saturated heterocycles. The lowest BCUT2D eigenvalue weighted by atomic mass is 10.1. The van der Waals surface area contributed by atoms with Crippen molar-refractivity contribution < 1.29 is 18.4 Å². The van der Waals surface area contributed by atoms with Crippen LogP contribution in [0.1, 0.15) is 27.1 Å². The van der Waals surface area contributed by atoms with Gasteiger partial charge in [-0.25, -0.2) is 0 Å². The molecule has 0 aliphatic heterocycles. The molecule has 0 aliphatic rings. The van der Waals surface area contributed by atoms with E-state index in [2.05, 4.69) is 15.9 Å². The van der Waals surface area contributed by atoms with E-state index in [9.17, 15) is 18.4 Å². The van der Waals surface area contributed by atoms with Gasteiger partial charge in [-0.2, -0.15) is 8.78 Å². The third-order valence-corrected chi connectivity index (χ3v) is 2.87. The summed E-state index contributed by atoms with van der Waals surface area (Å²) >= 11 is 2.19. The number of hydrogen-bond acceptors (Lipinski definition) is 2. The maximum Gasteiger partial charge on any atom is 0.319 e. The quantitative estimate of drug-likeness (QED) is 0.449. The minimum Gasteiger partial charge on any atom is -0.341 e. The normalized spacial score (nSPS) is 11.6. The van der Waals surface area contributed by atoms with Gasteiger partial charge in [0.15, 0.2) is 6.29 Å². The summed E-state index contributed by atoms with van der Waals surface area (Å²) < 4.78 is 25.0. The summed E-state index contributed by atoms with van der Waals surface area (Å²) in [4.78, 5) is 21.3. The number of aldehydes is 1. The molecule has 3 nitrogen and oxygen atoms in total. The van der Waals surface area contributed by atoms with Crippen LogP contribution in [0.5, 0.6) is 0 Å². The fourth-order valence-corrected chi connectivity index (χ4v) is 1.77. The Morgan fingerprint density at radius 2 is 2.05 bits per heavy atom. The lowest BCUT2D eigenvalue weighted by Crippen LogP contribution is -2.28. The van der Waals surface area contributed by atoms with Crippen LogP contribution in [0.3, 0.4) is 0 Å². The molecule has 0 aliphatic carbocycles. The molecular weight excluding hydrogens is 332 g/mol. The highest BCUT2D eigenvalue weighted by molar-refractivity contribution is 9.10. The van der Waals surface area contributed by atoms with E-state index in [1.165, 1.54) is 11.0 Å². The van der Waals surface area contributed by atoms with E-state index in [1.807, 2.05) is 0 Å². The number of alkyl halides is 3. The molecule has 6 heteroatoms. The molecule has 0 unspecified atom stereocenters. The Kier molecular flexibility index (Phi) is 6.01. The molecule has 20 heavy (non-hydrogen) atoms.